The largest absolute Gasteiger partial charge is 0.468 e. The van der Waals surface area contributed by atoms with Gasteiger partial charge in [0.1, 0.15) is 10.9 Å². The third-order valence-corrected chi connectivity index (χ3v) is 2.69. The molecule has 0 fully saturated rings. The molecule has 0 N–H and O–H groups in total. The summed E-state index contributed by atoms with van der Waals surface area (Å²) in [5.74, 6) is -0.545. The molecule has 1 aromatic rings. The Bertz CT molecular complexity index is 411. The fraction of sp³-hybridized carbons (Fsp3) is 0.444. The standard InChI is InChI=1S/C9H9F3N2O2S/c1-5(7(15)16-2)17-8-13-4-3-6(14-8)9(10,11)12/h3-5H,1-2H3/t5-/m0/s1. The first-order valence-corrected chi connectivity index (χ1v) is 5.37. The summed E-state index contributed by atoms with van der Waals surface area (Å²) in [4.78, 5) is 18.1. The Morgan fingerprint density at radius 2 is 2.18 bits per heavy atom. The van der Waals surface area contributed by atoms with Crippen molar-refractivity contribution < 1.29 is 22.7 Å². The quantitative estimate of drug-likeness (QED) is 0.476. The number of rotatable bonds is 3. The van der Waals surface area contributed by atoms with Gasteiger partial charge in [0.2, 0.25) is 0 Å². The van der Waals surface area contributed by atoms with Crippen LogP contribution in [-0.4, -0.2) is 28.3 Å². The van der Waals surface area contributed by atoms with E-state index in [1.807, 2.05) is 0 Å². The number of halogens is 3. The molecule has 17 heavy (non-hydrogen) atoms. The van der Waals surface area contributed by atoms with Crippen LogP contribution in [0.1, 0.15) is 12.6 Å². The van der Waals surface area contributed by atoms with E-state index in [1.165, 1.54) is 14.0 Å². The van der Waals surface area contributed by atoms with Crippen LogP contribution in [0.4, 0.5) is 13.2 Å². The van der Waals surface area contributed by atoms with Crippen molar-refractivity contribution in [3.63, 3.8) is 0 Å². The van der Waals surface area contributed by atoms with Crippen LogP contribution in [0.2, 0.25) is 0 Å². The molecule has 1 heterocycles. The van der Waals surface area contributed by atoms with E-state index in [4.69, 9.17) is 0 Å². The zero-order chi connectivity index (χ0) is 13.1. The van der Waals surface area contributed by atoms with Crippen molar-refractivity contribution >= 4 is 17.7 Å². The average Bonchev–Trinajstić information content (AvgIpc) is 2.27. The van der Waals surface area contributed by atoms with E-state index >= 15 is 0 Å². The van der Waals surface area contributed by atoms with Gasteiger partial charge < -0.3 is 4.74 Å². The Labute approximate surface area is 99.6 Å². The summed E-state index contributed by atoms with van der Waals surface area (Å²) in [5.41, 5.74) is -1.04. The summed E-state index contributed by atoms with van der Waals surface area (Å²) < 4.78 is 41.5. The number of carbonyl (C=O) groups excluding carboxylic acids is 1. The lowest BCUT2D eigenvalue weighted by atomic mass is 10.4. The van der Waals surface area contributed by atoms with Gasteiger partial charge in [-0.1, -0.05) is 11.8 Å². The lowest BCUT2D eigenvalue weighted by Crippen LogP contribution is -2.16. The molecule has 0 saturated heterocycles. The Morgan fingerprint density at radius 1 is 1.53 bits per heavy atom. The maximum absolute atomic E-state index is 12.3. The molecule has 0 aliphatic carbocycles. The molecule has 1 aromatic heterocycles. The summed E-state index contributed by atoms with van der Waals surface area (Å²) in [6.45, 7) is 1.50. The highest BCUT2D eigenvalue weighted by atomic mass is 32.2. The fourth-order valence-corrected chi connectivity index (χ4v) is 1.71. The van der Waals surface area contributed by atoms with Crippen LogP contribution < -0.4 is 0 Å². The molecule has 0 aromatic carbocycles. The monoisotopic (exact) mass is 266 g/mol. The van der Waals surface area contributed by atoms with Crippen molar-refractivity contribution in [1.29, 1.82) is 0 Å². The van der Waals surface area contributed by atoms with Gasteiger partial charge >= 0.3 is 12.1 Å². The number of alkyl halides is 3. The number of hydrogen-bond acceptors (Lipinski definition) is 5. The van der Waals surface area contributed by atoms with E-state index in [1.54, 1.807) is 0 Å². The zero-order valence-corrected chi connectivity index (χ0v) is 9.80. The number of thioether (sulfide) groups is 1. The van der Waals surface area contributed by atoms with Gasteiger partial charge in [-0.05, 0) is 13.0 Å². The highest BCUT2D eigenvalue weighted by Gasteiger charge is 2.33. The summed E-state index contributed by atoms with van der Waals surface area (Å²) in [5, 5.41) is -0.777. The third-order valence-electron chi connectivity index (χ3n) is 1.74. The van der Waals surface area contributed by atoms with Crippen LogP contribution in [0.3, 0.4) is 0 Å². The highest BCUT2D eigenvalue weighted by molar-refractivity contribution is 8.00. The van der Waals surface area contributed by atoms with Crippen LogP contribution in [-0.2, 0) is 15.7 Å². The van der Waals surface area contributed by atoms with E-state index in [9.17, 15) is 18.0 Å². The van der Waals surface area contributed by atoms with Crippen molar-refractivity contribution in [2.24, 2.45) is 0 Å². The fourth-order valence-electron chi connectivity index (χ4n) is 0.928. The molecule has 0 bridgehead atoms. The second-order valence-electron chi connectivity index (χ2n) is 3.01. The van der Waals surface area contributed by atoms with Crippen LogP contribution in [0.25, 0.3) is 0 Å². The van der Waals surface area contributed by atoms with Crippen molar-refractivity contribution in [3.8, 4) is 0 Å². The summed E-state index contributed by atoms with van der Waals surface area (Å²) >= 11 is 0.810. The molecule has 94 valence electrons. The minimum absolute atomic E-state index is 0.113. The smallest absolute Gasteiger partial charge is 0.433 e. The minimum atomic E-state index is -4.52. The van der Waals surface area contributed by atoms with E-state index in [0.29, 0.717) is 0 Å². The Morgan fingerprint density at radius 3 is 2.71 bits per heavy atom. The molecule has 0 radical (unpaired) electrons. The summed E-state index contributed by atoms with van der Waals surface area (Å²) in [6.07, 6.45) is -3.52. The zero-order valence-electron chi connectivity index (χ0n) is 8.99. The number of aromatic nitrogens is 2. The SMILES string of the molecule is COC(=O)[C@H](C)Sc1nccc(C(F)(F)F)n1. The van der Waals surface area contributed by atoms with E-state index in [-0.39, 0.29) is 5.16 Å². The first-order valence-electron chi connectivity index (χ1n) is 4.49. The maximum atomic E-state index is 12.3. The first-order chi connectivity index (χ1) is 7.84. The van der Waals surface area contributed by atoms with Crippen molar-refractivity contribution in [2.45, 2.75) is 23.5 Å². The normalized spacial score (nSPS) is 13.2. The lowest BCUT2D eigenvalue weighted by Gasteiger charge is -2.09. The van der Waals surface area contributed by atoms with Gasteiger partial charge in [-0.2, -0.15) is 13.2 Å². The number of nitrogens with zero attached hydrogens (tertiary/aromatic N) is 2. The molecule has 1 atom stereocenters. The minimum Gasteiger partial charge on any atom is -0.468 e. The van der Waals surface area contributed by atoms with Crippen LogP contribution in [0, 0.1) is 0 Å². The second kappa shape index (κ2) is 5.35. The number of hydrogen-bond donors (Lipinski definition) is 0. The van der Waals surface area contributed by atoms with Crippen LogP contribution in [0.15, 0.2) is 17.4 Å². The van der Waals surface area contributed by atoms with Gasteiger partial charge in [0.15, 0.2) is 5.16 Å². The van der Waals surface area contributed by atoms with Gasteiger partial charge in [0.05, 0.1) is 7.11 Å². The Hall–Kier alpha value is -1.31. The van der Waals surface area contributed by atoms with Gasteiger partial charge in [0.25, 0.3) is 0 Å². The Balaban J connectivity index is 2.83. The average molecular weight is 266 g/mol. The molecule has 0 amide bonds. The molecule has 0 saturated carbocycles. The Kier molecular flexibility index (Phi) is 4.33. The van der Waals surface area contributed by atoms with Crippen molar-refractivity contribution in [2.75, 3.05) is 7.11 Å². The first kappa shape index (κ1) is 13.8. The van der Waals surface area contributed by atoms with Gasteiger partial charge in [-0.25, -0.2) is 9.97 Å². The van der Waals surface area contributed by atoms with Gasteiger partial charge in [-0.15, -0.1) is 0 Å². The lowest BCUT2D eigenvalue weighted by molar-refractivity contribution is -0.141. The molecule has 0 unspecified atom stereocenters. The molecule has 0 aliphatic rings. The van der Waals surface area contributed by atoms with Gasteiger partial charge in [0, 0.05) is 6.20 Å². The second-order valence-corrected chi connectivity index (χ2v) is 4.31. The molecule has 4 nitrogen and oxygen atoms in total. The molecule has 1 rings (SSSR count). The summed E-state index contributed by atoms with van der Waals surface area (Å²) in [6, 6.07) is 0.771. The third kappa shape index (κ3) is 3.88. The van der Waals surface area contributed by atoms with Crippen molar-refractivity contribution in [1.82, 2.24) is 9.97 Å². The number of esters is 1. The van der Waals surface area contributed by atoms with Gasteiger partial charge in [-0.3, -0.25) is 4.79 Å². The highest BCUT2D eigenvalue weighted by Crippen LogP contribution is 2.29. The predicted molar refractivity (Wildman–Crippen MR) is 54.4 cm³/mol. The molecule has 0 aliphatic heterocycles. The van der Waals surface area contributed by atoms with E-state index in [2.05, 4.69) is 14.7 Å². The molecule has 0 spiro atoms. The van der Waals surface area contributed by atoms with Crippen LogP contribution in [0.5, 0.6) is 0 Å². The van der Waals surface area contributed by atoms with Crippen LogP contribution >= 0.6 is 11.8 Å². The topological polar surface area (TPSA) is 52.1 Å². The van der Waals surface area contributed by atoms with E-state index < -0.39 is 23.1 Å². The van der Waals surface area contributed by atoms with Crippen molar-refractivity contribution in [3.05, 3.63) is 18.0 Å². The van der Waals surface area contributed by atoms with E-state index in [0.717, 1.165) is 24.0 Å². The summed E-state index contributed by atoms with van der Waals surface area (Å²) in [7, 11) is 1.20. The number of methoxy groups -OCH3 is 1. The number of ether oxygens (including phenoxy) is 1. The molecular formula is C9H9F3N2O2S. The molecule has 8 heteroatoms. The predicted octanol–water partition coefficient (Wildman–Crippen LogP) is 2.15. The number of carbonyl (C=O) groups is 1. The molecular weight excluding hydrogens is 257 g/mol. The maximum Gasteiger partial charge on any atom is 0.433 e.